The van der Waals surface area contributed by atoms with Gasteiger partial charge in [0, 0.05) is 36.2 Å². The van der Waals surface area contributed by atoms with Crippen LogP contribution in [0.4, 0.5) is 0 Å². The smallest absolute Gasteiger partial charge is 0.0491 e. The van der Waals surface area contributed by atoms with Crippen molar-refractivity contribution in [1.82, 2.24) is 9.47 Å². The van der Waals surface area contributed by atoms with Gasteiger partial charge in [0.05, 0.1) is 0 Å². The van der Waals surface area contributed by atoms with E-state index in [0.29, 0.717) is 0 Å². The SMILES string of the molecule is c1ccc(-c2cc3ccccc3n2CCCCCCN2CC2)cc1. The number of hydrogen-bond donors (Lipinski definition) is 0. The molecule has 0 amide bonds. The van der Waals surface area contributed by atoms with E-state index in [0.717, 1.165) is 6.54 Å². The zero-order valence-corrected chi connectivity index (χ0v) is 14.3. The maximum atomic E-state index is 2.52. The third-order valence-corrected chi connectivity index (χ3v) is 5.03. The van der Waals surface area contributed by atoms with Crippen LogP contribution in [0.25, 0.3) is 22.2 Å². The highest BCUT2D eigenvalue weighted by atomic mass is 15.2. The summed E-state index contributed by atoms with van der Waals surface area (Å²) in [5, 5.41) is 1.35. The standard InChI is InChI=1S/C22H26N2/c1(8-14-23-16-17-23)2-9-15-24-21-13-7-6-12-20(21)18-22(24)19-10-4-3-5-11-19/h3-7,10-13,18H,1-2,8-9,14-17H2. The number of hydrogen-bond acceptors (Lipinski definition) is 1. The topological polar surface area (TPSA) is 7.94 Å². The minimum Gasteiger partial charge on any atom is -0.340 e. The second-order valence-corrected chi connectivity index (χ2v) is 6.86. The first-order valence-electron chi connectivity index (χ1n) is 9.28. The first-order valence-corrected chi connectivity index (χ1v) is 9.28. The van der Waals surface area contributed by atoms with Crippen LogP contribution in [-0.2, 0) is 6.54 Å². The number of aromatic nitrogens is 1. The van der Waals surface area contributed by atoms with Crippen molar-refractivity contribution in [2.24, 2.45) is 0 Å². The van der Waals surface area contributed by atoms with Gasteiger partial charge in [-0.3, -0.25) is 0 Å². The van der Waals surface area contributed by atoms with Crippen molar-refractivity contribution in [3.05, 3.63) is 60.7 Å². The van der Waals surface area contributed by atoms with E-state index >= 15 is 0 Å². The van der Waals surface area contributed by atoms with Gasteiger partial charge in [-0.15, -0.1) is 0 Å². The summed E-state index contributed by atoms with van der Waals surface area (Å²) in [6.45, 7) is 5.08. The van der Waals surface area contributed by atoms with E-state index in [9.17, 15) is 0 Å². The Morgan fingerprint density at radius 3 is 2.21 bits per heavy atom. The van der Waals surface area contributed by atoms with Crippen molar-refractivity contribution in [3.8, 4) is 11.3 Å². The molecule has 3 aromatic rings. The second kappa shape index (κ2) is 7.23. The fourth-order valence-corrected chi connectivity index (χ4v) is 3.55. The minimum atomic E-state index is 1.11. The van der Waals surface area contributed by atoms with Crippen molar-refractivity contribution in [3.63, 3.8) is 0 Å². The van der Waals surface area contributed by atoms with Crippen LogP contribution < -0.4 is 0 Å². The van der Waals surface area contributed by atoms with E-state index in [1.807, 2.05) is 0 Å². The molecule has 0 unspecified atom stereocenters. The number of para-hydroxylation sites is 1. The molecule has 0 radical (unpaired) electrons. The minimum absolute atomic E-state index is 1.11. The van der Waals surface area contributed by atoms with Crippen LogP contribution >= 0.6 is 0 Å². The molecule has 24 heavy (non-hydrogen) atoms. The molecular weight excluding hydrogens is 292 g/mol. The van der Waals surface area contributed by atoms with Crippen LogP contribution in [0.5, 0.6) is 0 Å². The first-order chi connectivity index (χ1) is 11.9. The van der Waals surface area contributed by atoms with Gasteiger partial charge in [-0.1, -0.05) is 61.4 Å². The molecule has 4 rings (SSSR count). The van der Waals surface area contributed by atoms with Gasteiger partial charge in [0.25, 0.3) is 0 Å². The van der Waals surface area contributed by atoms with Crippen molar-refractivity contribution < 1.29 is 0 Å². The lowest BCUT2D eigenvalue weighted by atomic mass is 10.1. The maximum Gasteiger partial charge on any atom is 0.0491 e. The molecule has 0 saturated carbocycles. The Labute approximate surface area is 144 Å². The van der Waals surface area contributed by atoms with Gasteiger partial charge in [-0.25, -0.2) is 0 Å². The highest BCUT2D eigenvalue weighted by molar-refractivity contribution is 5.87. The molecule has 2 aromatic carbocycles. The number of benzene rings is 2. The van der Waals surface area contributed by atoms with Gasteiger partial charge in [-0.2, -0.15) is 0 Å². The molecule has 2 heterocycles. The molecule has 1 saturated heterocycles. The van der Waals surface area contributed by atoms with Gasteiger partial charge < -0.3 is 9.47 Å². The van der Waals surface area contributed by atoms with Gasteiger partial charge >= 0.3 is 0 Å². The summed E-state index contributed by atoms with van der Waals surface area (Å²) in [4.78, 5) is 2.52. The van der Waals surface area contributed by atoms with E-state index < -0.39 is 0 Å². The molecule has 1 fully saturated rings. The Balaban J connectivity index is 1.47. The van der Waals surface area contributed by atoms with Gasteiger partial charge in [-0.05, 0) is 37.1 Å². The fourth-order valence-electron chi connectivity index (χ4n) is 3.55. The maximum absolute atomic E-state index is 2.52. The van der Waals surface area contributed by atoms with E-state index in [1.54, 1.807) is 0 Å². The zero-order valence-electron chi connectivity index (χ0n) is 14.3. The molecule has 1 aliphatic heterocycles. The molecule has 1 aliphatic rings. The summed E-state index contributed by atoms with van der Waals surface area (Å²) in [5.74, 6) is 0. The zero-order chi connectivity index (χ0) is 16.2. The molecule has 2 nitrogen and oxygen atoms in total. The van der Waals surface area contributed by atoms with Crippen LogP contribution in [-0.4, -0.2) is 29.1 Å². The summed E-state index contributed by atoms with van der Waals surface area (Å²) in [6.07, 6.45) is 5.31. The third-order valence-electron chi connectivity index (χ3n) is 5.03. The first kappa shape index (κ1) is 15.5. The Morgan fingerprint density at radius 2 is 1.42 bits per heavy atom. The number of rotatable bonds is 8. The Morgan fingerprint density at radius 1 is 0.708 bits per heavy atom. The van der Waals surface area contributed by atoms with E-state index in [1.165, 1.54) is 67.5 Å². The number of unbranched alkanes of at least 4 members (excludes halogenated alkanes) is 3. The van der Waals surface area contributed by atoms with Crippen LogP contribution in [0.15, 0.2) is 60.7 Å². The van der Waals surface area contributed by atoms with Crippen LogP contribution in [0.2, 0.25) is 0 Å². The van der Waals surface area contributed by atoms with E-state index in [2.05, 4.69) is 70.1 Å². The summed E-state index contributed by atoms with van der Waals surface area (Å²) >= 11 is 0. The molecule has 124 valence electrons. The average molecular weight is 318 g/mol. The number of fused-ring (bicyclic) bond motifs is 1. The third kappa shape index (κ3) is 3.54. The van der Waals surface area contributed by atoms with Crippen molar-refractivity contribution in [2.45, 2.75) is 32.2 Å². The Kier molecular flexibility index (Phi) is 4.66. The van der Waals surface area contributed by atoms with Crippen molar-refractivity contribution in [2.75, 3.05) is 19.6 Å². The lowest BCUT2D eigenvalue weighted by Crippen LogP contribution is -2.01. The molecule has 0 spiro atoms. The Hall–Kier alpha value is -2.06. The number of nitrogens with zero attached hydrogens (tertiary/aromatic N) is 2. The predicted octanol–water partition coefficient (Wildman–Crippen LogP) is 5.18. The summed E-state index contributed by atoms with van der Waals surface area (Å²) in [7, 11) is 0. The number of aryl methyl sites for hydroxylation is 1. The molecule has 0 aliphatic carbocycles. The largest absolute Gasteiger partial charge is 0.340 e. The van der Waals surface area contributed by atoms with Gasteiger partial charge in [0.15, 0.2) is 0 Å². The normalized spacial score (nSPS) is 14.3. The van der Waals surface area contributed by atoms with E-state index in [-0.39, 0.29) is 0 Å². The highest BCUT2D eigenvalue weighted by Crippen LogP contribution is 2.28. The van der Waals surface area contributed by atoms with Crippen LogP contribution in [0.3, 0.4) is 0 Å². The van der Waals surface area contributed by atoms with Crippen LogP contribution in [0.1, 0.15) is 25.7 Å². The summed E-state index contributed by atoms with van der Waals surface area (Å²) in [6, 6.07) is 21.9. The lowest BCUT2D eigenvalue weighted by molar-refractivity contribution is 0.497. The second-order valence-electron chi connectivity index (χ2n) is 6.86. The summed E-state index contributed by atoms with van der Waals surface area (Å²) in [5.41, 5.74) is 4.02. The molecule has 1 aromatic heterocycles. The van der Waals surface area contributed by atoms with Crippen molar-refractivity contribution in [1.29, 1.82) is 0 Å². The molecule has 0 N–H and O–H groups in total. The highest BCUT2D eigenvalue weighted by Gasteiger charge is 2.15. The van der Waals surface area contributed by atoms with Gasteiger partial charge in [0.2, 0.25) is 0 Å². The average Bonchev–Trinajstić information content (AvgIpc) is 3.38. The lowest BCUT2D eigenvalue weighted by Gasteiger charge is -2.11. The molecule has 0 bridgehead atoms. The van der Waals surface area contributed by atoms with E-state index in [4.69, 9.17) is 0 Å². The molecule has 2 heteroatoms. The van der Waals surface area contributed by atoms with Gasteiger partial charge in [0.1, 0.15) is 0 Å². The van der Waals surface area contributed by atoms with Crippen molar-refractivity contribution >= 4 is 10.9 Å². The fraction of sp³-hybridized carbons (Fsp3) is 0.364. The molecule has 0 atom stereocenters. The monoisotopic (exact) mass is 318 g/mol. The summed E-state index contributed by atoms with van der Waals surface area (Å²) < 4.78 is 2.51. The quantitative estimate of drug-likeness (QED) is 0.410. The molecular formula is C22H26N2. The van der Waals surface area contributed by atoms with Crippen LogP contribution in [0, 0.1) is 0 Å². The Bertz CT molecular complexity index is 784. The predicted molar refractivity (Wildman–Crippen MR) is 102 cm³/mol.